The predicted molar refractivity (Wildman–Crippen MR) is 57.7 cm³/mol. The number of hydrogen-bond donors (Lipinski definition) is 1. The fraction of sp³-hybridized carbons (Fsp3) is 0.455. The number of pyridine rings is 1. The first-order chi connectivity index (χ1) is 7.54. The van der Waals surface area contributed by atoms with Gasteiger partial charge in [0.25, 0.3) is 0 Å². The molecule has 0 amide bonds. The van der Waals surface area contributed by atoms with Gasteiger partial charge in [-0.1, -0.05) is 13.8 Å². The number of ether oxygens (including phenoxy) is 1. The van der Waals surface area contributed by atoms with Gasteiger partial charge in [-0.2, -0.15) is 0 Å². The molecule has 0 saturated heterocycles. The molecular formula is C11H16FNO3. The molecule has 0 saturated carbocycles. The number of rotatable bonds is 2. The zero-order chi connectivity index (χ0) is 12.7. The molecule has 0 aliphatic rings. The number of aromatic hydroxyl groups is 1. The van der Waals surface area contributed by atoms with Crippen molar-refractivity contribution in [2.45, 2.75) is 27.2 Å². The lowest BCUT2D eigenvalue weighted by Gasteiger charge is -2.04. The third-order valence-electron chi connectivity index (χ3n) is 1.75. The summed E-state index contributed by atoms with van der Waals surface area (Å²) in [5.74, 6) is -1.50. The molecule has 1 aromatic heterocycles. The van der Waals surface area contributed by atoms with Crippen molar-refractivity contribution in [3.8, 4) is 5.75 Å². The Labute approximate surface area is 94.1 Å². The van der Waals surface area contributed by atoms with E-state index in [1.165, 1.54) is 14.0 Å². The van der Waals surface area contributed by atoms with Crippen LogP contribution in [0.15, 0.2) is 6.07 Å². The minimum atomic E-state index is -0.710. The number of aromatic nitrogens is 1. The Morgan fingerprint density at radius 1 is 1.56 bits per heavy atom. The summed E-state index contributed by atoms with van der Waals surface area (Å²) in [6, 6.07) is 0.931. The lowest BCUT2D eigenvalue weighted by Crippen LogP contribution is -2.08. The quantitative estimate of drug-likeness (QED) is 0.788. The minimum Gasteiger partial charge on any atom is -0.506 e. The molecular weight excluding hydrogens is 213 g/mol. The van der Waals surface area contributed by atoms with Crippen molar-refractivity contribution in [2.75, 3.05) is 7.11 Å². The third-order valence-corrected chi connectivity index (χ3v) is 1.75. The number of aryl methyl sites for hydroxylation is 1. The van der Waals surface area contributed by atoms with E-state index in [-0.39, 0.29) is 23.6 Å². The standard InChI is InChI=1S/C9H10FNO3.C2H6/c1-5-8(12)3-6(10)7(11-5)4-9(13)14-2;1-2/h3,12H,4H2,1-2H3;1-2H3. The molecule has 0 aromatic carbocycles. The summed E-state index contributed by atoms with van der Waals surface area (Å²) in [5.41, 5.74) is 0.262. The molecule has 1 N–H and O–H groups in total. The molecule has 1 aromatic rings. The first kappa shape index (κ1) is 14.3. The van der Waals surface area contributed by atoms with Crippen LogP contribution in [0.5, 0.6) is 5.75 Å². The van der Waals surface area contributed by atoms with Gasteiger partial charge in [-0.25, -0.2) is 4.39 Å². The van der Waals surface area contributed by atoms with Crippen molar-refractivity contribution in [3.05, 3.63) is 23.3 Å². The highest BCUT2D eigenvalue weighted by Gasteiger charge is 2.12. The Balaban J connectivity index is 0.00000106. The third kappa shape index (κ3) is 3.84. The Morgan fingerprint density at radius 2 is 2.12 bits per heavy atom. The van der Waals surface area contributed by atoms with Gasteiger partial charge in [0.15, 0.2) is 0 Å². The summed E-state index contributed by atoms with van der Waals surface area (Å²) >= 11 is 0. The Hall–Kier alpha value is -1.65. The van der Waals surface area contributed by atoms with E-state index >= 15 is 0 Å². The fourth-order valence-electron chi connectivity index (χ4n) is 0.954. The molecule has 4 nitrogen and oxygen atoms in total. The average Bonchev–Trinajstić information content (AvgIpc) is 2.28. The number of esters is 1. The van der Waals surface area contributed by atoms with Gasteiger partial charge in [-0.05, 0) is 6.92 Å². The first-order valence-electron chi connectivity index (χ1n) is 4.96. The highest BCUT2D eigenvalue weighted by atomic mass is 19.1. The zero-order valence-electron chi connectivity index (χ0n) is 9.87. The second-order valence-corrected chi connectivity index (χ2v) is 2.77. The van der Waals surface area contributed by atoms with Crippen LogP contribution in [-0.4, -0.2) is 23.2 Å². The minimum absolute atomic E-state index is 0.0212. The van der Waals surface area contributed by atoms with E-state index in [9.17, 15) is 9.18 Å². The van der Waals surface area contributed by atoms with Crippen LogP contribution in [0.3, 0.4) is 0 Å². The van der Waals surface area contributed by atoms with Gasteiger partial charge in [0.05, 0.1) is 24.9 Å². The number of methoxy groups -OCH3 is 1. The van der Waals surface area contributed by atoms with E-state index < -0.39 is 11.8 Å². The molecule has 5 heteroatoms. The zero-order valence-corrected chi connectivity index (χ0v) is 9.87. The molecule has 0 aliphatic heterocycles. The summed E-state index contributed by atoms with van der Waals surface area (Å²) in [6.45, 7) is 5.52. The maximum atomic E-state index is 13.1. The summed E-state index contributed by atoms with van der Waals surface area (Å²) in [6.07, 6.45) is -0.233. The smallest absolute Gasteiger partial charge is 0.311 e. The maximum absolute atomic E-state index is 13.1. The van der Waals surface area contributed by atoms with E-state index in [4.69, 9.17) is 5.11 Å². The Bertz CT molecular complexity index is 366. The van der Waals surface area contributed by atoms with E-state index in [0.717, 1.165) is 6.07 Å². The largest absolute Gasteiger partial charge is 0.506 e. The van der Waals surface area contributed by atoms with Gasteiger partial charge in [0.1, 0.15) is 11.6 Å². The number of halogens is 1. The molecule has 0 aliphatic carbocycles. The summed E-state index contributed by atoms with van der Waals surface area (Å²) in [5, 5.41) is 9.10. The van der Waals surface area contributed by atoms with Crippen molar-refractivity contribution >= 4 is 5.97 Å². The number of nitrogens with zero attached hydrogens (tertiary/aromatic N) is 1. The molecule has 1 rings (SSSR count). The molecule has 0 atom stereocenters. The molecule has 16 heavy (non-hydrogen) atoms. The monoisotopic (exact) mass is 229 g/mol. The molecule has 0 fully saturated rings. The fourth-order valence-corrected chi connectivity index (χ4v) is 0.954. The molecule has 0 unspecified atom stereocenters. The van der Waals surface area contributed by atoms with Crippen LogP contribution < -0.4 is 0 Å². The van der Waals surface area contributed by atoms with E-state index in [2.05, 4.69) is 9.72 Å². The SMILES string of the molecule is CC.COC(=O)Cc1nc(C)c(O)cc1F. The van der Waals surface area contributed by atoms with Crippen LogP contribution >= 0.6 is 0 Å². The van der Waals surface area contributed by atoms with E-state index in [1.807, 2.05) is 13.8 Å². The summed E-state index contributed by atoms with van der Waals surface area (Å²) in [7, 11) is 1.22. The second-order valence-electron chi connectivity index (χ2n) is 2.77. The number of hydrogen-bond acceptors (Lipinski definition) is 4. The average molecular weight is 229 g/mol. The van der Waals surface area contributed by atoms with E-state index in [0.29, 0.717) is 0 Å². The van der Waals surface area contributed by atoms with Crippen LogP contribution in [-0.2, 0) is 16.0 Å². The normalized spacial score (nSPS) is 9.06. The van der Waals surface area contributed by atoms with Gasteiger partial charge < -0.3 is 9.84 Å². The first-order valence-corrected chi connectivity index (χ1v) is 4.96. The molecule has 0 radical (unpaired) electrons. The van der Waals surface area contributed by atoms with Crippen LogP contribution in [0.4, 0.5) is 4.39 Å². The van der Waals surface area contributed by atoms with Gasteiger partial charge in [-0.3, -0.25) is 9.78 Å². The second kappa shape index (κ2) is 6.76. The molecule has 90 valence electrons. The van der Waals surface area contributed by atoms with Crippen LogP contribution in [0, 0.1) is 12.7 Å². The molecule has 1 heterocycles. The molecule has 0 bridgehead atoms. The van der Waals surface area contributed by atoms with Gasteiger partial charge in [-0.15, -0.1) is 0 Å². The summed E-state index contributed by atoms with van der Waals surface area (Å²) in [4.78, 5) is 14.6. The van der Waals surface area contributed by atoms with Crippen molar-refractivity contribution < 1.29 is 19.0 Å². The van der Waals surface area contributed by atoms with Crippen molar-refractivity contribution in [3.63, 3.8) is 0 Å². The Morgan fingerprint density at radius 3 is 2.62 bits per heavy atom. The summed E-state index contributed by atoms with van der Waals surface area (Å²) < 4.78 is 17.5. The van der Waals surface area contributed by atoms with Crippen LogP contribution in [0.1, 0.15) is 25.2 Å². The van der Waals surface area contributed by atoms with Gasteiger partial charge in [0, 0.05) is 6.07 Å². The van der Waals surface area contributed by atoms with Crippen LogP contribution in [0.2, 0.25) is 0 Å². The van der Waals surface area contributed by atoms with Crippen molar-refractivity contribution in [1.29, 1.82) is 0 Å². The maximum Gasteiger partial charge on any atom is 0.311 e. The predicted octanol–water partition coefficient (Wildman–Crippen LogP) is 1.98. The number of carbonyl (C=O) groups is 1. The van der Waals surface area contributed by atoms with Crippen LogP contribution in [0.25, 0.3) is 0 Å². The molecule has 0 spiro atoms. The van der Waals surface area contributed by atoms with Crippen molar-refractivity contribution in [1.82, 2.24) is 4.98 Å². The Kier molecular flexibility index (Phi) is 6.07. The topological polar surface area (TPSA) is 59.4 Å². The van der Waals surface area contributed by atoms with Gasteiger partial charge in [0.2, 0.25) is 0 Å². The lowest BCUT2D eigenvalue weighted by molar-refractivity contribution is -0.139. The number of carbonyl (C=O) groups excluding carboxylic acids is 1. The highest BCUT2D eigenvalue weighted by molar-refractivity contribution is 5.71. The van der Waals surface area contributed by atoms with Gasteiger partial charge >= 0.3 is 5.97 Å². The van der Waals surface area contributed by atoms with Crippen molar-refractivity contribution in [2.24, 2.45) is 0 Å². The van der Waals surface area contributed by atoms with E-state index in [1.54, 1.807) is 0 Å². The lowest BCUT2D eigenvalue weighted by atomic mass is 10.2. The highest BCUT2D eigenvalue weighted by Crippen LogP contribution is 2.17.